The maximum atomic E-state index is 12.1. The van der Waals surface area contributed by atoms with Crippen molar-refractivity contribution < 1.29 is 29.0 Å². The van der Waals surface area contributed by atoms with Gasteiger partial charge in [-0.25, -0.2) is 9.59 Å². The third-order valence-corrected chi connectivity index (χ3v) is 3.30. The van der Waals surface area contributed by atoms with Crippen LogP contribution in [0.4, 0.5) is 0 Å². The fourth-order valence-corrected chi connectivity index (χ4v) is 2.39. The summed E-state index contributed by atoms with van der Waals surface area (Å²) in [5.41, 5.74) is -0.763. The molecule has 2 aliphatic rings. The highest BCUT2D eigenvalue weighted by Gasteiger charge is 2.40. The van der Waals surface area contributed by atoms with Crippen molar-refractivity contribution in [3.05, 3.63) is 23.0 Å². The van der Waals surface area contributed by atoms with Crippen LogP contribution in [0.2, 0.25) is 0 Å². The fraction of sp³-hybridized carbons (Fsp3) is 0.533. The Labute approximate surface area is 122 Å². The van der Waals surface area contributed by atoms with Crippen molar-refractivity contribution in [3.8, 4) is 0 Å². The molecule has 1 N–H and O–H groups in total. The number of aliphatic hydroxyl groups is 1. The first kappa shape index (κ1) is 15.3. The second-order valence-electron chi connectivity index (χ2n) is 6.54. The van der Waals surface area contributed by atoms with Crippen LogP contribution in [-0.2, 0) is 23.9 Å². The second kappa shape index (κ2) is 4.72. The highest BCUT2D eigenvalue weighted by Crippen LogP contribution is 2.36. The van der Waals surface area contributed by atoms with Gasteiger partial charge in [-0.2, -0.15) is 0 Å². The molecule has 21 heavy (non-hydrogen) atoms. The SMILES string of the molecule is CC1(C)CC(=O)C(C=C2C(=O)OC(C)(C)OC2=O)=C(O)C1. The van der Waals surface area contributed by atoms with E-state index in [1.54, 1.807) is 0 Å². The summed E-state index contributed by atoms with van der Waals surface area (Å²) in [5, 5.41) is 9.99. The molecule has 0 atom stereocenters. The molecule has 6 heteroatoms. The minimum Gasteiger partial charge on any atom is -0.512 e. The van der Waals surface area contributed by atoms with Crippen LogP contribution >= 0.6 is 0 Å². The average Bonchev–Trinajstić information content (AvgIpc) is 2.22. The van der Waals surface area contributed by atoms with E-state index in [1.165, 1.54) is 13.8 Å². The van der Waals surface area contributed by atoms with Gasteiger partial charge < -0.3 is 14.6 Å². The molecule has 0 aromatic rings. The fourth-order valence-electron chi connectivity index (χ4n) is 2.39. The zero-order valence-corrected chi connectivity index (χ0v) is 12.5. The first-order chi connectivity index (χ1) is 9.51. The second-order valence-corrected chi connectivity index (χ2v) is 6.54. The van der Waals surface area contributed by atoms with Gasteiger partial charge in [0.2, 0.25) is 0 Å². The van der Waals surface area contributed by atoms with E-state index < -0.39 is 17.7 Å². The zero-order valence-electron chi connectivity index (χ0n) is 12.5. The maximum Gasteiger partial charge on any atom is 0.348 e. The number of carbonyl (C=O) groups excluding carboxylic acids is 3. The Morgan fingerprint density at radius 1 is 1.00 bits per heavy atom. The molecule has 1 aliphatic carbocycles. The number of ketones is 1. The quantitative estimate of drug-likeness (QED) is 0.451. The predicted molar refractivity (Wildman–Crippen MR) is 72.0 cm³/mol. The number of ether oxygens (including phenoxy) is 2. The highest BCUT2D eigenvalue weighted by molar-refractivity contribution is 6.17. The van der Waals surface area contributed by atoms with Crippen molar-refractivity contribution in [1.29, 1.82) is 0 Å². The van der Waals surface area contributed by atoms with Crippen molar-refractivity contribution in [2.75, 3.05) is 0 Å². The summed E-state index contributed by atoms with van der Waals surface area (Å²) in [6.07, 6.45) is 1.59. The van der Waals surface area contributed by atoms with Gasteiger partial charge in [0.05, 0.1) is 5.57 Å². The van der Waals surface area contributed by atoms with E-state index in [9.17, 15) is 19.5 Å². The van der Waals surface area contributed by atoms with E-state index in [4.69, 9.17) is 9.47 Å². The maximum absolute atomic E-state index is 12.1. The summed E-state index contributed by atoms with van der Waals surface area (Å²) in [5.74, 6) is -3.51. The Morgan fingerprint density at radius 2 is 1.52 bits per heavy atom. The van der Waals surface area contributed by atoms with Crippen LogP contribution in [0.25, 0.3) is 0 Å². The van der Waals surface area contributed by atoms with Gasteiger partial charge in [-0.3, -0.25) is 4.79 Å². The van der Waals surface area contributed by atoms with Gasteiger partial charge in [0.25, 0.3) is 5.79 Å². The number of esters is 2. The number of carbonyl (C=O) groups is 3. The largest absolute Gasteiger partial charge is 0.512 e. The van der Waals surface area contributed by atoms with Crippen molar-refractivity contribution in [2.45, 2.75) is 46.3 Å². The zero-order chi connectivity index (χ0) is 16.0. The lowest BCUT2D eigenvalue weighted by atomic mass is 9.76. The van der Waals surface area contributed by atoms with E-state index in [2.05, 4.69) is 0 Å². The van der Waals surface area contributed by atoms with Gasteiger partial charge in [0.1, 0.15) is 11.3 Å². The molecule has 0 aromatic heterocycles. The lowest BCUT2D eigenvalue weighted by molar-refractivity contribution is -0.222. The first-order valence-corrected chi connectivity index (χ1v) is 6.64. The van der Waals surface area contributed by atoms with Crippen LogP contribution in [0.1, 0.15) is 40.5 Å². The third-order valence-electron chi connectivity index (χ3n) is 3.30. The van der Waals surface area contributed by atoms with E-state index >= 15 is 0 Å². The van der Waals surface area contributed by atoms with Crippen molar-refractivity contribution in [3.63, 3.8) is 0 Å². The van der Waals surface area contributed by atoms with Crippen LogP contribution in [0.15, 0.2) is 23.0 Å². The number of cyclic esters (lactones) is 2. The van der Waals surface area contributed by atoms with Gasteiger partial charge in [-0.15, -0.1) is 0 Å². The molecule has 0 aromatic carbocycles. The van der Waals surface area contributed by atoms with Crippen LogP contribution in [0.5, 0.6) is 0 Å². The molecular weight excluding hydrogens is 276 g/mol. The van der Waals surface area contributed by atoms with Crippen LogP contribution in [-0.4, -0.2) is 28.6 Å². The van der Waals surface area contributed by atoms with Gasteiger partial charge in [-0.05, 0) is 11.5 Å². The summed E-state index contributed by atoms with van der Waals surface area (Å²) >= 11 is 0. The lowest BCUT2D eigenvalue weighted by Gasteiger charge is -2.31. The van der Waals surface area contributed by atoms with Crippen molar-refractivity contribution >= 4 is 17.7 Å². The topological polar surface area (TPSA) is 89.9 Å². The number of Topliss-reactive ketones (excluding diaryl/α,β-unsaturated/α-hetero) is 1. The molecule has 1 saturated heterocycles. The summed E-state index contributed by atoms with van der Waals surface area (Å²) in [4.78, 5) is 35.7. The molecule has 2 rings (SSSR count). The van der Waals surface area contributed by atoms with Gasteiger partial charge in [-0.1, -0.05) is 13.8 Å². The molecule has 0 amide bonds. The lowest BCUT2D eigenvalue weighted by Crippen LogP contribution is -2.42. The standard InChI is InChI=1S/C15H18O6/c1-14(2)6-10(16)8(11(17)7-14)5-9-12(18)20-15(3,4)21-13(9)19/h5,16H,6-7H2,1-4H3. The molecule has 1 heterocycles. The van der Waals surface area contributed by atoms with Crippen molar-refractivity contribution in [2.24, 2.45) is 5.41 Å². The predicted octanol–water partition coefficient (Wildman–Crippen LogP) is 1.95. The smallest absolute Gasteiger partial charge is 0.348 e. The highest BCUT2D eigenvalue weighted by atomic mass is 16.7. The Balaban J connectivity index is 2.38. The summed E-state index contributed by atoms with van der Waals surface area (Å²) < 4.78 is 9.89. The molecule has 1 fully saturated rings. The third kappa shape index (κ3) is 3.15. The molecule has 0 spiro atoms. The molecule has 0 saturated carbocycles. The van der Waals surface area contributed by atoms with Gasteiger partial charge in [0, 0.05) is 26.7 Å². The Hall–Kier alpha value is -2.11. The monoisotopic (exact) mass is 294 g/mol. The van der Waals surface area contributed by atoms with E-state index in [0.717, 1.165) is 6.08 Å². The molecule has 0 unspecified atom stereocenters. The molecule has 1 aliphatic heterocycles. The summed E-state index contributed by atoms with van der Waals surface area (Å²) in [7, 11) is 0. The van der Waals surface area contributed by atoms with Crippen LogP contribution in [0.3, 0.4) is 0 Å². The molecule has 0 radical (unpaired) electrons. The van der Waals surface area contributed by atoms with Gasteiger partial charge >= 0.3 is 11.9 Å². The Morgan fingerprint density at radius 3 is 2.00 bits per heavy atom. The minimum atomic E-state index is -1.33. The Kier molecular flexibility index (Phi) is 3.43. The summed E-state index contributed by atoms with van der Waals surface area (Å²) in [6, 6.07) is 0. The molecule has 6 nitrogen and oxygen atoms in total. The molecular formula is C15H18O6. The van der Waals surface area contributed by atoms with E-state index in [1.807, 2.05) is 13.8 Å². The summed E-state index contributed by atoms with van der Waals surface area (Å²) in [6.45, 7) is 6.59. The normalized spacial score (nSPS) is 24.6. The molecule has 0 bridgehead atoms. The average molecular weight is 294 g/mol. The minimum absolute atomic E-state index is 0.0297. The van der Waals surface area contributed by atoms with Crippen LogP contribution in [0, 0.1) is 5.41 Å². The first-order valence-electron chi connectivity index (χ1n) is 6.64. The van der Waals surface area contributed by atoms with E-state index in [-0.39, 0.29) is 34.5 Å². The number of hydrogen-bond acceptors (Lipinski definition) is 6. The Bertz CT molecular complexity index is 569. The van der Waals surface area contributed by atoms with Crippen LogP contribution < -0.4 is 0 Å². The van der Waals surface area contributed by atoms with Crippen molar-refractivity contribution in [1.82, 2.24) is 0 Å². The number of hydrogen-bond donors (Lipinski definition) is 1. The molecule has 114 valence electrons. The number of allylic oxidation sites excluding steroid dienone is 3. The van der Waals surface area contributed by atoms with Gasteiger partial charge in [0.15, 0.2) is 5.78 Å². The number of rotatable bonds is 1. The number of aliphatic hydroxyl groups excluding tert-OH is 1. The van der Waals surface area contributed by atoms with E-state index in [0.29, 0.717) is 6.42 Å².